The van der Waals surface area contributed by atoms with Gasteiger partial charge in [-0.25, -0.2) is 15.0 Å². The monoisotopic (exact) mass is 461 g/mol. The molecule has 2 aromatic heterocycles. The molecule has 2 saturated heterocycles. The first kappa shape index (κ1) is 22.6. The molecule has 2 aliphatic rings. The fraction of sp³-hybridized carbons (Fsp3) is 0.440. The maximum absolute atomic E-state index is 12.3. The average molecular weight is 462 g/mol. The van der Waals surface area contributed by atoms with Gasteiger partial charge in [0.15, 0.2) is 5.82 Å². The van der Waals surface area contributed by atoms with E-state index >= 15 is 0 Å². The minimum atomic E-state index is -0.532. The van der Waals surface area contributed by atoms with Crippen molar-refractivity contribution >= 4 is 22.8 Å². The predicted octanol–water partition coefficient (Wildman–Crippen LogP) is 2.18. The number of amides is 1. The summed E-state index contributed by atoms with van der Waals surface area (Å²) in [6, 6.07) is 10.3. The molecule has 1 aromatic carbocycles. The van der Waals surface area contributed by atoms with Gasteiger partial charge in [0.25, 0.3) is 5.91 Å². The van der Waals surface area contributed by atoms with Crippen LogP contribution >= 0.6 is 0 Å². The zero-order chi connectivity index (χ0) is 23.5. The standard InChI is InChI=1S/C25H31N7O2/c1-16-13-32(9-10-34-16)14-17-4-6-18(7-5-17)21-11-20(24(26)33)22-23(31-21)25(29-15-28-22)30-19-3-2-8-27-12-19/h4-7,11,15-16,19,27H,2-3,8-10,12-14H2,1H3,(H2,26,33)(H,28,29,30)/t16-,19+/m1/s1. The summed E-state index contributed by atoms with van der Waals surface area (Å²) in [6.45, 7) is 7.51. The molecule has 0 radical (unpaired) electrons. The Balaban J connectivity index is 1.45. The highest BCUT2D eigenvalue weighted by Gasteiger charge is 2.20. The van der Waals surface area contributed by atoms with Crippen molar-refractivity contribution in [3.63, 3.8) is 0 Å². The number of hydrogen-bond acceptors (Lipinski definition) is 8. The number of aromatic nitrogens is 3. The van der Waals surface area contributed by atoms with Gasteiger partial charge in [-0.15, -0.1) is 0 Å². The summed E-state index contributed by atoms with van der Waals surface area (Å²) >= 11 is 0. The van der Waals surface area contributed by atoms with Crippen LogP contribution in [0.5, 0.6) is 0 Å². The van der Waals surface area contributed by atoms with Gasteiger partial charge < -0.3 is 21.1 Å². The van der Waals surface area contributed by atoms with Gasteiger partial charge in [0.05, 0.1) is 24.0 Å². The Labute approximate surface area is 199 Å². The normalized spacial score (nSPS) is 21.4. The number of piperidine rings is 1. The lowest BCUT2D eigenvalue weighted by Crippen LogP contribution is -2.40. The topological polar surface area (TPSA) is 118 Å². The second-order valence-electron chi connectivity index (χ2n) is 9.14. The van der Waals surface area contributed by atoms with Crippen LogP contribution in [-0.2, 0) is 11.3 Å². The fourth-order valence-electron chi connectivity index (χ4n) is 4.72. The summed E-state index contributed by atoms with van der Waals surface area (Å²) < 4.78 is 5.64. The van der Waals surface area contributed by atoms with Gasteiger partial charge in [-0.2, -0.15) is 0 Å². The smallest absolute Gasteiger partial charge is 0.251 e. The first-order valence-corrected chi connectivity index (χ1v) is 11.9. The van der Waals surface area contributed by atoms with Crippen molar-refractivity contribution < 1.29 is 9.53 Å². The minimum absolute atomic E-state index is 0.247. The molecule has 9 heteroatoms. The Morgan fingerprint density at radius 1 is 1.26 bits per heavy atom. The van der Waals surface area contributed by atoms with E-state index in [4.69, 9.17) is 15.5 Å². The second-order valence-corrected chi connectivity index (χ2v) is 9.14. The summed E-state index contributed by atoms with van der Waals surface area (Å²) in [6.07, 6.45) is 3.86. The molecule has 0 aliphatic carbocycles. The number of ether oxygens (including phenoxy) is 1. The molecule has 3 aromatic rings. The van der Waals surface area contributed by atoms with E-state index in [2.05, 4.69) is 44.6 Å². The van der Waals surface area contributed by atoms with E-state index in [0.29, 0.717) is 28.1 Å². The Hall–Kier alpha value is -3.14. The van der Waals surface area contributed by atoms with E-state index in [-0.39, 0.29) is 12.1 Å². The molecule has 5 rings (SSSR count). The van der Waals surface area contributed by atoms with Gasteiger partial charge in [-0.1, -0.05) is 24.3 Å². The first-order chi connectivity index (χ1) is 16.6. The Kier molecular flexibility index (Phi) is 6.66. The van der Waals surface area contributed by atoms with Gasteiger partial charge in [-0.3, -0.25) is 9.69 Å². The molecule has 1 amide bonds. The number of rotatable bonds is 6. The highest BCUT2D eigenvalue weighted by atomic mass is 16.5. The van der Waals surface area contributed by atoms with Crippen LogP contribution in [-0.4, -0.2) is 70.7 Å². The number of nitrogens with zero attached hydrogens (tertiary/aromatic N) is 4. The molecule has 0 bridgehead atoms. The molecule has 2 atom stereocenters. The van der Waals surface area contributed by atoms with Crippen molar-refractivity contribution in [2.45, 2.75) is 38.5 Å². The molecule has 4 heterocycles. The van der Waals surface area contributed by atoms with Gasteiger partial charge in [-0.05, 0) is 37.9 Å². The lowest BCUT2D eigenvalue weighted by atomic mass is 10.0. The lowest BCUT2D eigenvalue weighted by molar-refractivity contribution is -0.0212. The van der Waals surface area contributed by atoms with E-state index in [0.717, 1.165) is 57.7 Å². The largest absolute Gasteiger partial charge is 0.376 e. The highest BCUT2D eigenvalue weighted by Crippen LogP contribution is 2.28. The number of anilines is 1. The second kappa shape index (κ2) is 10.0. The molecule has 2 fully saturated rings. The van der Waals surface area contributed by atoms with Crippen molar-refractivity contribution in [2.24, 2.45) is 5.73 Å². The third-order valence-electron chi connectivity index (χ3n) is 6.47. The van der Waals surface area contributed by atoms with Crippen LogP contribution in [0.25, 0.3) is 22.3 Å². The quantitative estimate of drug-likeness (QED) is 0.511. The lowest BCUT2D eigenvalue weighted by Gasteiger charge is -2.31. The van der Waals surface area contributed by atoms with Crippen LogP contribution in [0.2, 0.25) is 0 Å². The molecular weight excluding hydrogens is 430 g/mol. The molecule has 34 heavy (non-hydrogen) atoms. The number of carbonyl (C=O) groups is 1. The van der Waals surface area contributed by atoms with E-state index in [1.807, 2.05) is 12.1 Å². The number of fused-ring (bicyclic) bond motifs is 1. The van der Waals surface area contributed by atoms with Crippen molar-refractivity contribution in [1.82, 2.24) is 25.2 Å². The summed E-state index contributed by atoms with van der Waals surface area (Å²) in [7, 11) is 0. The van der Waals surface area contributed by atoms with E-state index in [9.17, 15) is 4.79 Å². The predicted molar refractivity (Wildman–Crippen MR) is 131 cm³/mol. The average Bonchev–Trinajstić information content (AvgIpc) is 2.85. The van der Waals surface area contributed by atoms with Gasteiger partial charge in [0.2, 0.25) is 0 Å². The van der Waals surface area contributed by atoms with Gasteiger partial charge in [0.1, 0.15) is 17.4 Å². The van der Waals surface area contributed by atoms with Crippen LogP contribution in [0.3, 0.4) is 0 Å². The molecule has 0 unspecified atom stereocenters. The molecule has 4 N–H and O–H groups in total. The maximum atomic E-state index is 12.3. The van der Waals surface area contributed by atoms with E-state index < -0.39 is 5.91 Å². The Morgan fingerprint density at radius 2 is 2.12 bits per heavy atom. The summed E-state index contributed by atoms with van der Waals surface area (Å²) in [4.78, 5) is 28.3. The molecule has 0 saturated carbocycles. The van der Waals surface area contributed by atoms with Crippen molar-refractivity contribution in [3.05, 3.63) is 47.8 Å². The first-order valence-electron chi connectivity index (χ1n) is 11.9. The van der Waals surface area contributed by atoms with Crippen LogP contribution < -0.4 is 16.4 Å². The van der Waals surface area contributed by atoms with Crippen molar-refractivity contribution in [1.29, 1.82) is 0 Å². The van der Waals surface area contributed by atoms with Crippen molar-refractivity contribution in [3.8, 4) is 11.3 Å². The number of hydrogen-bond donors (Lipinski definition) is 3. The third-order valence-corrected chi connectivity index (χ3v) is 6.47. The van der Waals surface area contributed by atoms with Crippen LogP contribution in [0, 0.1) is 0 Å². The van der Waals surface area contributed by atoms with E-state index in [1.165, 1.54) is 11.9 Å². The molecular formula is C25H31N7O2. The number of pyridine rings is 1. The molecule has 9 nitrogen and oxygen atoms in total. The van der Waals surface area contributed by atoms with E-state index in [1.54, 1.807) is 6.07 Å². The fourth-order valence-corrected chi connectivity index (χ4v) is 4.72. The SMILES string of the molecule is C[C@@H]1CN(Cc2ccc(-c3cc(C(N)=O)c4ncnc(N[C@H]5CCCNC5)c4n3)cc2)CCO1. The summed E-state index contributed by atoms with van der Waals surface area (Å²) in [5.41, 5.74) is 9.92. The third kappa shape index (κ3) is 5.01. The molecule has 2 aliphatic heterocycles. The maximum Gasteiger partial charge on any atom is 0.251 e. The molecule has 0 spiro atoms. The zero-order valence-electron chi connectivity index (χ0n) is 19.5. The van der Waals surface area contributed by atoms with Gasteiger partial charge >= 0.3 is 0 Å². The summed E-state index contributed by atoms with van der Waals surface area (Å²) in [5, 5.41) is 6.88. The number of carbonyl (C=O) groups excluding carboxylic acids is 1. The van der Waals surface area contributed by atoms with Gasteiger partial charge in [0, 0.05) is 37.8 Å². The zero-order valence-corrected chi connectivity index (χ0v) is 19.5. The molecule has 178 valence electrons. The Morgan fingerprint density at radius 3 is 2.85 bits per heavy atom. The van der Waals surface area contributed by atoms with Crippen molar-refractivity contribution in [2.75, 3.05) is 38.1 Å². The number of benzene rings is 1. The highest BCUT2D eigenvalue weighted by molar-refractivity contribution is 6.06. The number of nitrogens with two attached hydrogens (primary N) is 1. The van der Waals surface area contributed by atoms with Crippen LogP contribution in [0.15, 0.2) is 36.7 Å². The number of morpholine rings is 1. The summed E-state index contributed by atoms with van der Waals surface area (Å²) in [5.74, 6) is 0.0943. The number of primary amides is 1. The van der Waals surface area contributed by atoms with Crippen LogP contribution in [0.4, 0.5) is 5.82 Å². The minimum Gasteiger partial charge on any atom is -0.376 e. The Bertz CT molecular complexity index is 1160. The number of nitrogens with one attached hydrogen (secondary N) is 2. The van der Waals surface area contributed by atoms with Crippen LogP contribution in [0.1, 0.15) is 35.7 Å².